The van der Waals surface area contributed by atoms with E-state index in [0.717, 1.165) is 22.5 Å². The molecule has 1 heterocycles. The Labute approximate surface area is 203 Å². The zero-order valence-corrected chi connectivity index (χ0v) is 20.3. The first-order chi connectivity index (χ1) is 16.0. The number of carbonyl (C=O) groups is 1. The van der Waals surface area contributed by atoms with Crippen LogP contribution in [-0.4, -0.2) is 31.4 Å². The maximum absolute atomic E-state index is 13.1. The largest absolute Gasteiger partial charge is 0.493 e. The molecule has 0 N–H and O–H groups in total. The van der Waals surface area contributed by atoms with Crippen LogP contribution >= 0.6 is 24.0 Å². The maximum Gasteiger partial charge on any atom is 0.270 e. The predicted molar refractivity (Wildman–Crippen MR) is 140 cm³/mol. The highest BCUT2D eigenvalue weighted by atomic mass is 32.2. The van der Waals surface area contributed by atoms with Gasteiger partial charge in [0.15, 0.2) is 15.8 Å². The predicted octanol–water partition coefficient (Wildman–Crippen LogP) is 5.75. The van der Waals surface area contributed by atoms with Crippen molar-refractivity contribution in [3.05, 3.63) is 88.8 Å². The minimum absolute atomic E-state index is 0.133. The molecule has 3 aromatic rings. The van der Waals surface area contributed by atoms with Crippen molar-refractivity contribution >= 4 is 51.7 Å². The quantitative estimate of drug-likeness (QED) is 0.320. The van der Waals surface area contributed by atoms with Crippen LogP contribution in [0.1, 0.15) is 11.1 Å². The molecule has 0 saturated carbocycles. The number of nitrogens with zero attached hydrogens (tertiary/aromatic N) is 2. The van der Waals surface area contributed by atoms with Gasteiger partial charge in [-0.3, -0.25) is 9.69 Å². The van der Waals surface area contributed by atoms with Gasteiger partial charge in [0.25, 0.3) is 5.91 Å². The number of rotatable bonds is 7. The topological polar surface area (TPSA) is 42.0 Å². The second-order valence-electron chi connectivity index (χ2n) is 7.61. The number of amides is 1. The van der Waals surface area contributed by atoms with Gasteiger partial charge in [-0.1, -0.05) is 60.4 Å². The van der Waals surface area contributed by atoms with Crippen molar-refractivity contribution in [3.8, 4) is 11.5 Å². The number of carbonyl (C=O) groups excluding carboxylic acids is 1. The lowest BCUT2D eigenvalue weighted by atomic mass is 10.1. The van der Waals surface area contributed by atoms with E-state index in [4.69, 9.17) is 21.7 Å². The van der Waals surface area contributed by atoms with Crippen molar-refractivity contribution in [1.82, 2.24) is 0 Å². The molecule has 0 aliphatic carbocycles. The Hall–Kier alpha value is -3.29. The molecule has 33 heavy (non-hydrogen) atoms. The number of hydrogen-bond acceptors (Lipinski definition) is 6. The Balaban J connectivity index is 1.52. The van der Waals surface area contributed by atoms with Gasteiger partial charge in [0.1, 0.15) is 6.61 Å². The van der Waals surface area contributed by atoms with Crippen LogP contribution in [0.3, 0.4) is 0 Å². The van der Waals surface area contributed by atoms with Crippen LogP contribution in [0.4, 0.5) is 11.4 Å². The van der Waals surface area contributed by atoms with Crippen LogP contribution < -0.4 is 19.3 Å². The van der Waals surface area contributed by atoms with Gasteiger partial charge in [-0.2, -0.15) is 0 Å². The maximum atomic E-state index is 13.1. The molecule has 1 fully saturated rings. The fraction of sp³-hybridized carbons (Fsp3) is 0.154. The molecule has 4 rings (SSSR count). The monoisotopic (exact) mass is 476 g/mol. The molecule has 0 bridgehead atoms. The second kappa shape index (κ2) is 10.1. The third-order valence-electron chi connectivity index (χ3n) is 5.14. The van der Waals surface area contributed by atoms with Gasteiger partial charge in [-0.25, -0.2) is 0 Å². The standard InChI is InChI=1S/C26H24N2O3S2/c1-27(2)20-10-12-21(13-11-20)28-25(29)24(33-26(28)32)16-19-9-14-22(23(15-19)30-3)31-17-18-7-5-4-6-8-18/h4-16H,17H2,1-3H3/b24-16+. The number of ether oxygens (including phenoxy) is 2. The molecule has 3 aromatic carbocycles. The van der Waals surface area contributed by atoms with E-state index in [0.29, 0.717) is 27.3 Å². The van der Waals surface area contributed by atoms with Crippen LogP contribution in [0.5, 0.6) is 11.5 Å². The molecule has 0 radical (unpaired) electrons. The van der Waals surface area contributed by atoms with Gasteiger partial charge >= 0.3 is 0 Å². The Bertz CT molecular complexity index is 1190. The molecule has 1 saturated heterocycles. The molecule has 1 amide bonds. The first kappa shape index (κ1) is 22.9. The highest BCUT2D eigenvalue weighted by molar-refractivity contribution is 8.27. The van der Waals surface area contributed by atoms with Crippen molar-refractivity contribution in [2.45, 2.75) is 6.61 Å². The summed E-state index contributed by atoms with van der Waals surface area (Å²) in [6, 6.07) is 23.3. The lowest BCUT2D eigenvalue weighted by Gasteiger charge is -2.17. The number of methoxy groups -OCH3 is 1. The van der Waals surface area contributed by atoms with E-state index in [9.17, 15) is 4.79 Å². The number of thiocarbonyl (C=S) groups is 1. The fourth-order valence-corrected chi connectivity index (χ4v) is 4.67. The summed E-state index contributed by atoms with van der Waals surface area (Å²) in [7, 11) is 5.55. The number of hydrogen-bond donors (Lipinski definition) is 0. The van der Waals surface area contributed by atoms with Crippen LogP contribution in [0.15, 0.2) is 77.7 Å². The van der Waals surface area contributed by atoms with E-state index >= 15 is 0 Å². The van der Waals surface area contributed by atoms with Crippen molar-refractivity contribution in [1.29, 1.82) is 0 Å². The molecule has 7 heteroatoms. The van der Waals surface area contributed by atoms with Crippen molar-refractivity contribution in [2.24, 2.45) is 0 Å². The van der Waals surface area contributed by atoms with Crippen molar-refractivity contribution < 1.29 is 14.3 Å². The summed E-state index contributed by atoms with van der Waals surface area (Å²) in [6.45, 7) is 0.446. The SMILES string of the molecule is COc1cc(/C=C2/SC(=S)N(c3ccc(N(C)C)cc3)C2=O)ccc1OCc1ccccc1. The Morgan fingerprint density at radius 3 is 2.39 bits per heavy atom. The summed E-state index contributed by atoms with van der Waals surface area (Å²) < 4.78 is 12.0. The van der Waals surface area contributed by atoms with Crippen LogP contribution in [0.2, 0.25) is 0 Å². The lowest BCUT2D eigenvalue weighted by molar-refractivity contribution is -0.113. The summed E-state index contributed by atoms with van der Waals surface area (Å²) in [5, 5.41) is 0. The van der Waals surface area contributed by atoms with E-state index in [-0.39, 0.29) is 5.91 Å². The summed E-state index contributed by atoms with van der Waals surface area (Å²) in [6.07, 6.45) is 1.83. The molecule has 0 aromatic heterocycles. The summed E-state index contributed by atoms with van der Waals surface area (Å²) in [5.41, 5.74) is 3.73. The molecule has 0 spiro atoms. The average Bonchev–Trinajstić information content (AvgIpc) is 3.11. The van der Waals surface area contributed by atoms with Crippen molar-refractivity contribution in [3.63, 3.8) is 0 Å². The highest BCUT2D eigenvalue weighted by Crippen LogP contribution is 2.37. The molecule has 168 valence electrons. The first-order valence-corrected chi connectivity index (χ1v) is 11.6. The zero-order valence-electron chi connectivity index (χ0n) is 18.6. The summed E-state index contributed by atoms with van der Waals surface area (Å²) in [5.74, 6) is 1.12. The smallest absolute Gasteiger partial charge is 0.270 e. The summed E-state index contributed by atoms with van der Waals surface area (Å²) >= 11 is 6.79. The van der Waals surface area contributed by atoms with Gasteiger partial charge < -0.3 is 14.4 Å². The van der Waals surface area contributed by atoms with Gasteiger partial charge in [0.05, 0.1) is 17.7 Å². The Morgan fingerprint density at radius 1 is 1.00 bits per heavy atom. The van der Waals surface area contributed by atoms with Gasteiger partial charge in [-0.15, -0.1) is 0 Å². The van der Waals surface area contributed by atoms with E-state index in [1.165, 1.54) is 11.8 Å². The van der Waals surface area contributed by atoms with Crippen LogP contribution in [-0.2, 0) is 11.4 Å². The lowest BCUT2D eigenvalue weighted by Crippen LogP contribution is -2.27. The normalized spacial score (nSPS) is 14.6. The Kier molecular flexibility index (Phi) is 7.01. The molecule has 0 unspecified atom stereocenters. The van der Waals surface area contributed by atoms with E-state index in [1.807, 2.05) is 97.9 Å². The van der Waals surface area contributed by atoms with E-state index in [2.05, 4.69) is 0 Å². The minimum atomic E-state index is -0.133. The van der Waals surface area contributed by atoms with Gasteiger partial charge in [-0.05, 0) is 53.6 Å². The molecule has 1 aliphatic heterocycles. The number of thioether (sulfide) groups is 1. The molecule has 5 nitrogen and oxygen atoms in total. The number of anilines is 2. The van der Waals surface area contributed by atoms with E-state index < -0.39 is 0 Å². The average molecular weight is 477 g/mol. The molecular formula is C26H24N2O3S2. The van der Waals surface area contributed by atoms with Crippen LogP contribution in [0, 0.1) is 0 Å². The fourth-order valence-electron chi connectivity index (χ4n) is 3.37. The Morgan fingerprint density at radius 2 is 1.73 bits per heavy atom. The molecule has 0 atom stereocenters. The van der Waals surface area contributed by atoms with Gasteiger partial charge in [0.2, 0.25) is 0 Å². The van der Waals surface area contributed by atoms with Gasteiger partial charge in [0, 0.05) is 19.8 Å². The third-order valence-corrected chi connectivity index (χ3v) is 6.44. The summed E-state index contributed by atoms with van der Waals surface area (Å²) in [4.78, 5) is 17.2. The van der Waals surface area contributed by atoms with E-state index in [1.54, 1.807) is 12.0 Å². The van der Waals surface area contributed by atoms with Crippen molar-refractivity contribution in [2.75, 3.05) is 31.0 Å². The van der Waals surface area contributed by atoms with Crippen LogP contribution in [0.25, 0.3) is 6.08 Å². The molecular weight excluding hydrogens is 452 g/mol. The molecule has 1 aliphatic rings. The zero-order chi connectivity index (χ0) is 23.4. The highest BCUT2D eigenvalue weighted by Gasteiger charge is 2.33. The number of benzene rings is 3. The minimum Gasteiger partial charge on any atom is -0.493 e. The third kappa shape index (κ3) is 5.21. The second-order valence-corrected chi connectivity index (χ2v) is 9.29. The first-order valence-electron chi connectivity index (χ1n) is 10.4.